The van der Waals surface area contributed by atoms with Gasteiger partial charge in [-0.3, -0.25) is 4.90 Å². The van der Waals surface area contributed by atoms with Crippen LogP contribution in [-0.2, 0) is 16.9 Å². The lowest BCUT2D eigenvalue weighted by Crippen LogP contribution is -2.37. The average Bonchev–Trinajstić information content (AvgIpc) is 2.90. The molecule has 33 heavy (non-hydrogen) atoms. The highest BCUT2D eigenvalue weighted by molar-refractivity contribution is 5.95. The van der Waals surface area contributed by atoms with E-state index in [4.69, 9.17) is 9.47 Å². The minimum atomic E-state index is -0.669. The van der Waals surface area contributed by atoms with Crippen LogP contribution in [-0.4, -0.2) is 31.2 Å². The molecule has 0 spiro atoms. The summed E-state index contributed by atoms with van der Waals surface area (Å²) < 4.78 is 12.7. The molecule has 2 aliphatic heterocycles. The SMILES string of the molecule is C1=CC(c2ccccc2)(c2ccccc2)Oc2c(CN3CCOCC3)cc3ccccc3c21. The lowest BCUT2D eigenvalue weighted by molar-refractivity contribution is 0.0333. The van der Waals surface area contributed by atoms with Gasteiger partial charge in [0.05, 0.1) is 13.2 Å². The fourth-order valence-electron chi connectivity index (χ4n) is 5.06. The van der Waals surface area contributed by atoms with E-state index in [0.29, 0.717) is 0 Å². The Labute approximate surface area is 194 Å². The van der Waals surface area contributed by atoms with Gasteiger partial charge >= 0.3 is 0 Å². The van der Waals surface area contributed by atoms with Crippen molar-refractivity contribution in [1.82, 2.24) is 4.90 Å². The van der Waals surface area contributed by atoms with Crippen LogP contribution in [0.4, 0.5) is 0 Å². The molecular formula is C30H27NO2. The van der Waals surface area contributed by atoms with Crippen LogP contribution < -0.4 is 4.74 Å². The normalized spacial score (nSPS) is 17.5. The molecule has 0 unspecified atom stereocenters. The van der Waals surface area contributed by atoms with Crippen LogP contribution in [0.3, 0.4) is 0 Å². The van der Waals surface area contributed by atoms with Gasteiger partial charge in [0.15, 0.2) is 5.60 Å². The molecule has 1 saturated heterocycles. The Morgan fingerprint density at radius 1 is 0.758 bits per heavy atom. The number of fused-ring (bicyclic) bond motifs is 3. The van der Waals surface area contributed by atoms with Gasteiger partial charge in [-0.25, -0.2) is 0 Å². The summed E-state index contributed by atoms with van der Waals surface area (Å²) in [4.78, 5) is 2.46. The Morgan fingerprint density at radius 3 is 2.09 bits per heavy atom. The number of ether oxygens (including phenoxy) is 2. The predicted molar refractivity (Wildman–Crippen MR) is 133 cm³/mol. The monoisotopic (exact) mass is 433 g/mol. The highest BCUT2D eigenvalue weighted by atomic mass is 16.5. The van der Waals surface area contributed by atoms with Crippen LogP contribution in [0.25, 0.3) is 16.8 Å². The van der Waals surface area contributed by atoms with Crippen LogP contribution in [0.2, 0.25) is 0 Å². The van der Waals surface area contributed by atoms with Gasteiger partial charge in [0.1, 0.15) is 5.75 Å². The van der Waals surface area contributed by atoms with Crippen molar-refractivity contribution in [3.8, 4) is 5.75 Å². The summed E-state index contributed by atoms with van der Waals surface area (Å²) in [5, 5.41) is 2.48. The second-order valence-electron chi connectivity index (χ2n) is 8.79. The molecule has 0 bridgehead atoms. The summed E-state index contributed by atoms with van der Waals surface area (Å²) in [5.41, 5.74) is 3.98. The molecule has 3 heteroatoms. The van der Waals surface area contributed by atoms with Gasteiger partial charge in [0, 0.05) is 41.9 Å². The molecule has 4 aromatic rings. The number of rotatable bonds is 4. The molecule has 0 amide bonds. The van der Waals surface area contributed by atoms with Crippen molar-refractivity contribution in [3.05, 3.63) is 119 Å². The number of morpholine rings is 1. The second-order valence-corrected chi connectivity index (χ2v) is 8.79. The van der Waals surface area contributed by atoms with E-state index in [1.165, 1.54) is 21.9 Å². The van der Waals surface area contributed by atoms with E-state index < -0.39 is 5.60 Å². The first kappa shape index (κ1) is 20.2. The van der Waals surface area contributed by atoms with E-state index in [0.717, 1.165) is 49.7 Å². The average molecular weight is 434 g/mol. The fraction of sp³-hybridized carbons (Fsp3) is 0.200. The molecule has 0 atom stereocenters. The Morgan fingerprint density at radius 2 is 1.39 bits per heavy atom. The maximum absolute atomic E-state index is 7.13. The van der Waals surface area contributed by atoms with Gasteiger partial charge < -0.3 is 9.47 Å². The van der Waals surface area contributed by atoms with Crippen molar-refractivity contribution < 1.29 is 9.47 Å². The summed E-state index contributed by atoms with van der Waals surface area (Å²) in [7, 11) is 0. The van der Waals surface area contributed by atoms with E-state index in [9.17, 15) is 0 Å². The van der Waals surface area contributed by atoms with Crippen LogP contribution >= 0.6 is 0 Å². The van der Waals surface area contributed by atoms with Crippen molar-refractivity contribution in [2.24, 2.45) is 0 Å². The van der Waals surface area contributed by atoms with Crippen LogP contribution in [0.15, 0.2) is 97.1 Å². The van der Waals surface area contributed by atoms with Crippen molar-refractivity contribution in [1.29, 1.82) is 0 Å². The molecule has 4 aromatic carbocycles. The van der Waals surface area contributed by atoms with Gasteiger partial charge in [-0.05, 0) is 29.0 Å². The zero-order valence-corrected chi connectivity index (χ0v) is 18.6. The first-order valence-electron chi connectivity index (χ1n) is 11.7. The lowest BCUT2D eigenvalue weighted by atomic mass is 9.82. The Hall–Kier alpha value is -3.40. The molecule has 164 valence electrons. The Balaban J connectivity index is 1.54. The summed E-state index contributed by atoms with van der Waals surface area (Å²) in [6.07, 6.45) is 4.49. The first-order chi connectivity index (χ1) is 16.3. The van der Waals surface area contributed by atoms with E-state index in [1.54, 1.807) is 0 Å². The van der Waals surface area contributed by atoms with Crippen molar-refractivity contribution in [2.75, 3.05) is 26.3 Å². The van der Waals surface area contributed by atoms with Crippen molar-refractivity contribution >= 4 is 16.8 Å². The minimum Gasteiger partial charge on any atom is -0.473 e. The molecular weight excluding hydrogens is 406 g/mol. The van der Waals surface area contributed by atoms with Gasteiger partial charge in [-0.1, -0.05) is 84.9 Å². The third kappa shape index (κ3) is 3.64. The summed E-state index contributed by atoms with van der Waals surface area (Å²) in [6, 6.07) is 32.0. The van der Waals surface area contributed by atoms with Crippen molar-refractivity contribution in [2.45, 2.75) is 12.1 Å². The third-order valence-electron chi connectivity index (χ3n) is 6.77. The quantitative estimate of drug-likeness (QED) is 0.393. The highest BCUT2D eigenvalue weighted by Gasteiger charge is 2.38. The standard InChI is InChI=1S/C30H27NO2/c1-3-10-25(11-4-1)30(26-12-5-2-6-13-26)16-15-28-27-14-8-7-9-23(27)21-24(29(28)33-30)22-31-17-19-32-20-18-31/h1-16,21H,17-20,22H2. The maximum atomic E-state index is 7.13. The molecule has 1 fully saturated rings. The second kappa shape index (κ2) is 8.51. The topological polar surface area (TPSA) is 21.7 Å². The first-order valence-corrected chi connectivity index (χ1v) is 11.7. The molecule has 2 aliphatic rings. The predicted octanol–water partition coefficient (Wildman–Crippen LogP) is 6.02. The van der Waals surface area contributed by atoms with Crippen LogP contribution in [0.5, 0.6) is 5.75 Å². The summed E-state index contributed by atoms with van der Waals surface area (Å²) >= 11 is 0. The molecule has 0 N–H and O–H groups in total. The zero-order valence-electron chi connectivity index (χ0n) is 18.6. The van der Waals surface area contributed by atoms with E-state index in [-0.39, 0.29) is 0 Å². The number of nitrogens with zero attached hydrogens (tertiary/aromatic N) is 1. The fourth-order valence-corrected chi connectivity index (χ4v) is 5.06. The Kier molecular flexibility index (Phi) is 5.21. The third-order valence-corrected chi connectivity index (χ3v) is 6.77. The molecule has 0 saturated carbocycles. The molecule has 0 aromatic heterocycles. The molecule has 0 radical (unpaired) electrons. The van der Waals surface area contributed by atoms with E-state index in [1.807, 2.05) is 0 Å². The largest absolute Gasteiger partial charge is 0.473 e. The summed E-state index contributed by atoms with van der Waals surface area (Å²) in [6.45, 7) is 4.31. The van der Waals surface area contributed by atoms with Gasteiger partial charge in [-0.15, -0.1) is 0 Å². The molecule has 3 nitrogen and oxygen atoms in total. The maximum Gasteiger partial charge on any atom is 0.178 e. The smallest absolute Gasteiger partial charge is 0.178 e. The molecule has 6 rings (SSSR count). The van der Waals surface area contributed by atoms with Gasteiger partial charge in [-0.2, -0.15) is 0 Å². The van der Waals surface area contributed by atoms with Gasteiger partial charge in [0.25, 0.3) is 0 Å². The van der Waals surface area contributed by atoms with Crippen LogP contribution in [0, 0.1) is 0 Å². The number of hydrogen-bond acceptors (Lipinski definition) is 3. The molecule has 2 heterocycles. The van der Waals surface area contributed by atoms with E-state index >= 15 is 0 Å². The highest BCUT2D eigenvalue weighted by Crippen LogP contribution is 2.46. The van der Waals surface area contributed by atoms with Crippen molar-refractivity contribution in [3.63, 3.8) is 0 Å². The molecule has 0 aliphatic carbocycles. The number of benzene rings is 4. The van der Waals surface area contributed by atoms with E-state index in [2.05, 4.69) is 108 Å². The van der Waals surface area contributed by atoms with Crippen LogP contribution in [0.1, 0.15) is 22.3 Å². The van der Waals surface area contributed by atoms with Gasteiger partial charge in [0.2, 0.25) is 0 Å². The number of hydrogen-bond donors (Lipinski definition) is 0. The minimum absolute atomic E-state index is 0.669. The summed E-state index contributed by atoms with van der Waals surface area (Å²) in [5.74, 6) is 0.982. The lowest BCUT2D eigenvalue weighted by Gasteiger charge is -2.38. The zero-order chi connectivity index (χ0) is 22.1. The Bertz CT molecular complexity index is 1250.